The number of likely N-dealkylation sites (N-methyl/N-ethyl adjacent to an activating group) is 1. The fourth-order valence-corrected chi connectivity index (χ4v) is 4.69. The zero-order valence-electron chi connectivity index (χ0n) is 22.4. The summed E-state index contributed by atoms with van der Waals surface area (Å²) in [5.41, 5.74) is 8.98. The van der Waals surface area contributed by atoms with Crippen molar-refractivity contribution in [2.75, 3.05) is 32.6 Å². The van der Waals surface area contributed by atoms with Crippen molar-refractivity contribution >= 4 is 52.4 Å². The number of rotatable bonds is 8. The molecule has 3 N–H and O–H groups in total. The Bertz CT molecular complexity index is 1600. The number of hydrogen-bond donors (Lipinski definition) is 2. The lowest BCUT2D eigenvalue weighted by atomic mass is 10.0. The fourth-order valence-electron chi connectivity index (χ4n) is 4.19. The highest BCUT2D eigenvalue weighted by molar-refractivity contribution is 6.36. The van der Waals surface area contributed by atoms with Gasteiger partial charge in [0.2, 0.25) is 5.91 Å². The fraction of sp³-hybridized carbons (Fsp3) is 0.214. The van der Waals surface area contributed by atoms with Gasteiger partial charge in [-0.2, -0.15) is 0 Å². The first-order chi connectivity index (χ1) is 19.0. The van der Waals surface area contributed by atoms with E-state index in [-0.39, 0.29) is 24.8 Å². The zero-order chi connectivity index (χ0) is 29.1. The molecule has 0 fully saturated rings. The number of aryl methyl sites for hydroxylation is 1. The number of nitrogens with one attached hydrogen (secondary N) is 1. The average molecular weight is 583 g/mol. The Morgan fingerprint density at radius 2 is 1.73 bits per heavy atom. The third kappa shape index (κ3) is 5.98. The molecule has 4 rings (SSSR count). The maximum absolute atomic E-state index is 13.2. The molecule has 2 aromatic heterocycles. The first-order valence-corrected chi connectivity index (χ1v) is 12.9. The van der Waals surface area contributed by atoms with Gasteiger partial charge in [-0.1, -0.05) is 41.4 Å². The van der Waals surface area contributed by atoms with Crippen LogP contribution in [0.3, 0.4) is 0 Å². The van der Waals surface area contributed by atoms with Crippen LogP contribution >= 0.6 is 23.2 Å². The molecule has 0 aliphatic carbocycles. The van der Waals surface area contributed by atoms with E-state index in [1.165, 1.54) is 9.80 Å². The molecule has 10 nitrogen and oxygen atoms in total. The van der Waals surface area contributed by atoms with Gasteiger partial charge in [0.05, 0.1) is 17.9 Å². The van der Waals surface area contributed by atoms with Crippen LogP contribution in [0, 0.1) is 6.92 Å². The highest BCUT2D eigenvalue weighted by Gasteiger charge is 2.26. The third-order valence-corrected chi connectivity index (χ3v) is 6.88. The van der Waals surface area contributed by atoms with E-state index >= 15 is 0 Å². The Kier molecular flexibility index (Phi) is 8.51. The monoisotopic (exact) mass is 582 g/mol. The zero-order valence-corrected chi connectivity index (χ0v) is 23.9. The molecule has 0 radical (unpaired) electrons. The van der Waals surface area contributed by atoms with Crippen molar-refractivity contribution in [3.8, 4) is 16.9 Å². The first kappa shape index (κ1) is 28.7. The second kappa shape index (κ2) is 11.8. The standard InChI is InChI=1S/C28H28Cl2N6O4/c1-16-13-36-14-19(17-7-5-8-18(11-17)27(38)34(2)3)24(35(4)23(37)12-32-28(31)39)25(26(36)33-16)40-15-20-21(29)9-6-10-22(20)30/h5-11,13-14H,12,15H2,1-4H3,(H3,31,32,39). The lowest BCUT2D eigenvalue weighted by Gasteiger charge is -2.25. The van der Waals surface area contributed by atoms with E-state index in [0.29, 0.717) is 49.3 Å². The molecule has 0 saturated heterocycles. The van der Waals surface area contributed by atoms with Gasteiger partial charge in [-0.05, 0) is 36.8 Å². The highest BCUT2D eigenvalue weighted by atomic mass is 35.5. The number of pyridine rings is 1. The SMILES string of the molecule is Cc1cn2cc(-c3cccc(C(=O)N(C)C)c3)c(N(C)C(=O)CNC(N)=O)c(OCc3c(Cl)cccc3Cl)c2n1. The van der Waals surface area contributed by atoms with Crippen molar-refractivity contribution in [2.24, 2.45) is 5.73 Å². The molecule has 2 aromatic carbocycles. The maximum Gasteiger partial charge on any atom is 0.312 e. The van der Waals surface area contributed by atoms with E-state index < -0.39 is 11.9 Å². The molecule has 0 aliphatic heterocycles. The summed E-state index contributed by atoms with van der Waals surface area (Å²) in [5.74, 6) is -0.363. The van der Waals surface area contributed by atoms with Crippen LogP contribution in [-0.4, -0.2) is 59.8 Å². The van der Waals surface area contributed by atoms with Crippen LogP contribution in [0.4, 0.5) is 10.5 Å². The van der Waals surface area contributed by atoms with E-state index in [1.54, 1.807) is 61.9 Å². The number of urea groups is 1. The van der Waals surface area contributed by atoms with Crippen LogP contribution < -0.4 is 20.7 Å². The van der Waals surface area contributed by atoms with Crippen molar-refractivity contribution in [1.82, 2.24) is 19.6 Å². The Balaban J connectivity index is 1.95. The number of carbonyl (C=O) groups is 3. The van der Waals surface area contributed by atoms with Crippen molar-refractivity contribution in [3.63, 3.8) is 0 Å². The number of carbonyl (C=O) groups excluding carboxylic acids is 3. The summed E-state index contributed by atoms with van der Waals surface area (Å²) in [6.45, 7) is 1.47. The van der Waals surface area contributed by atoms with Crippen LogP contribution in [0.25, 0.3) is 16.8 Å². The number of imidazole rings is 1. The van der Waals surface area contributed by atoms with Gasteiger partial charge in [-0.25, -0.2) is 9.78 Å². The van der Waals surface area contributed by atoms with Gasteiger partial charge in [-0.15, -0.1) is 0 Å². The number of aromatic nitrogens is 2. The second-order valence-corrected chi connectivity index (χ2v) is 10.1. The minimum absolute atomic E-state index is 0.0166. The summed E-state index contributed by atoms with van der Waals surface area (Å²) in [7, 11) is 4.90. The van der Waals surface area contributed by atoms with Crippen molar-refractivity contribution in [1.29, 1.82) is 0 Å². The van der Waals surface area contributed by atoms with Gasteiger partial charge in [0.1, 0.15) is 6.61 Å². The Labute approximate surface area is 241 Å². The van der Waals surface area contributed by atoms with Gasteiger partial charge in [0.25, 0.3) is 5.91 Å². The van der Waals surface area contributed by atoms with E-state index in [4.69, 9.17) is 33.7 Å². The smallest absolute Gasteiger partial charge is 0.312 e. The largest absolute Gasteiger partial charge is 0.483 e. The molecule has 0 aliphatic rings. The number of primary amides is 1. The van der Waals surface area contributed by atoms with Crippen LogP contribution in [0.15, 0.2) is 54.9 Å². The van der Waals surface area contributed by atoms with E-state index in [0.717, 1.165) is 0 Å². The Morgan fingerprint density at radius 1 is 1.05 bits per heavy atom. The molecular weight excluding hydrogens is 555 g/mol. The molecule has 2 heterocycles. The molecule has 12 heteroatoms. The van der Waals surface area contributed by atoms with Crippen molar-refractivity contribution in [3.05, 3.63) is 81.7 Å². The number of fused-ring (bicyclic) bond motifs is 1. The highest BCUT2D eigenvalue weighted by Crippen LogP contribution is 2.42. The van der Waals surface area contributed by atoms with Gasteiger partial charge in [0.15, 0.2) is 11.4 Å². The molecule has 0 bridgehead atoms. The van der Waals surface area contributed by atoms with Crippen LogP contribution in [0.2, 0.25) is 10.0 Å². The number of anilines is 1. The van der Waals surface area contributed by atoms with Crippen molar-refractivity contribution < 1.29 is 19.1 Å². The quantitative estimate of drug-likeness (QED) is 0.316. The number of halogens is 2. The summed E-state index contributed by atoms with van der Waals surface area (Å²) in [4.78, 5) is 44.8. The Morgan fingerprint density at radius 3 is 2.38 bits per heavy atom. The third-order valence-electron chi connectivity index (χ3n) is 6.17. The molecule has 4 amide bonds. The van der Waals surface area contributed by atoms with Crippen LogP contribution in [0.1, 0.15) is 21.6 Å². The second-order valence-electron chi connectivity index (χ2n) is 9.27. The topological polar surface area (TPSA) is 122 Å². The molecule has 40 heavy (non-hydrogen) atoms. The predicted molar refractivity (Wildman–Crippen MR) is 155 cm³/mol. The Hall–Kier alpha value is -4.28. The molecule has 0 atom stereocenters. The molecule has 0 unspecified atom stereocenters. The molecule has 208 valence electrons. The minimum Gasteiger partial charge on any atom is -0.483 e. The van der Waals surface area contributed by atoms with E-state index in [9.17, 15) is 14.4 Å². The average Bonchev–Trinajstić information content (AvgIpc) is 3.30. The van der Waals surface area contributed by atoms with Crippen LogP contribution in [0.5, 0.6) is 5.75 Å². The lowest BCUT2D eigenvalue weighted by Crippen LogP contribution is -2.40. The summed E-state index contributed by atoms with van der Waals surface area (Å²) < 4.78 is 8.14. The summed E-state index contributed by atoms with van der Waals surface area (Å²) in [6.07, 6.45) is 3.63. The van der Waals surface area contributed by atoms with Gasteiger partial charge in [-0.3, -0.25) is 9.59 Å². The van der Waals surface area contributed by atoms with Gasteiger partial charge in [0, 0.05) is 60.3 Å². The number of hydrogen-bond acceptors (Lipinski definition) is 5. The molecule has 4 aromatic rings. The summed E-state index contributed by atoms with van der Waals surface area (Å²) >= 11 is 12.8. The van der Waals surface area contributed by atoms with Gasteiger partial charge >= 0.3 is 6.03 Å². The van der Waals surface area contributed by atoms with E-state index in [2.05, 4.69) is 10.3 Å². The normalized spacial score (nSPS) is 10.8. The van der Waals surface area contributed by atoms with Crippen molar-refractivity contribution in [2.45, 2.75) is 13.5 Å². The van der Waals surface area contributed by atoms with Gasteiger partial charge < -0.3 is 30.0 Å². The molecule has 0 saturated carbocycles. The lowest BCUT2D eigenvalue weighted by molar-refractivity contribution is -0.117. The summed E-state index contributed by atoms with van der Waals surface area (Å²) in [6, 6.07) is 11.4. The predicted octanol–water partition coefficient (Wildman–Crippen LogP) is 4.53. The first-order valence-electron chi connectivity index (χ1n) is 12.2. The summed E-state index contributed by atoms with van der Waals surface area (Å²) in [5, 5.41) is 3.17. The van der Waals surface area contributed by atoms with E-state index in [1.807, 2.05) is 25.4 Å². The van der Waals surface area contributed by atoms with Crippen LogP contribution in [-0.2, 0) is 11.4 Å². The number of ether oxygens (including phenoxy) is 1. The molecular formula is C28H28Cl2N6O4. The minimum atomic E-state index is -0.832. The molecule has 0 spiro atoms. The number of nitrogens with two attached hydrogens (primary N) is 1. The maximum atomic E-state index is 13.2. The number of amides is 4. The number of benzene rings is 2. The number of nitrogens with zero attached hydrogens (tertiary/aromatic N) is 4.